The lowest BCUT2D eigenvalue weighted by Gasteiger charge is -2.46. The van der Waals surface area contributed by atoms with Crippen molar-refractivity contribution in [3.63, 3.8) is 0 Å². The summed E-state index contributed by atoms with van der Waals surface area (Å²) in [5.74, 6) is 0.235. The van der Waals surface area contributed by atoms with Crippen LogP contribution in [0.1, 0.15) is 66.5 Å². The molecule has 0 bridgehead atoms. The fraction of sp³-hybridized carbons (Fsp3) is 0.471. The largest absolute Gasteiger partial charge is 0.483 e. The van der Waals surface area contributed by atoms with Crippen molar-refractivity contribution < 1.29 is 36.0 Å². The van der Waals surface area contributed by atoms with E-state index in [0.29, 0.717) is 13.2 Å². The molecule has 3 unspecified atom stereocenters. The Bertz CT molecular complexity index is 1520. The second-order valence-corrected chi connectivity index (χ2v) is 16.8. The van der Waals surface area contributed by atoms with Crippen molar-refractivity contribution in [2.45, 2.75) is 98.1 Å². The first kappa shape index (κ1) is 34.4. The minimum absolute atomic E-state index is 0.0135. The molecule has 10 heteroatoms. The van der Waals surface area contributed by atoms with Crippen molar-refractivity contribution in [2.75, 3.05) is 13.2 Å². The lowest BCUT2D eigenvalue weighted by atomic mass is 9.82. The van der Waals surface area contributed by atoms with Gasteiger partial charge in [0, 0.05) is 0 Å². The number of hydrogen-bond acceptors (Lipinski definition) is 5. The predicted molar refractivity (Wildman–Crippen MR) is 169 cm³/mol. The molecule has 3 atom stereocenters. The highest BCUT2D eigenvalue weighted by Gasteiger charge is 2.51. The first-order chi connectivity index (χ1) is 20.3. The van der Waals surface area contributed by atoms with E-state index >= 15 is 0 Å². The zero-order valence-electron chi connectivity index (χ0n) is 26.6. The average Bonchev–Trinajstić information content (AvgIpc) is 2.94. The van der Waals surface area contributed by atoms with E-state index in [1.165, 1.54) is 17.7 Å². The Kier molecular flexibility index (Phi) is 9.66. The van der Waals surface area contributed by atoms with Crippen LogP contribution in [0.15, 0.2) is 87.5 Å². The summed E-state index contributed by atoms with van der Waals surface area (Å²) >= 11 is 0. The summed E-state index contributed by atoms with van der Waals surface area (Å²) in [4.78, 5) is 3.04. The van der Waals surface area contributed by atoms with Crippen molar-refractivity contribution in [1.29, 1.82) is 0 Å². The van der Waals surface area contributed by atoms with Crippen molar-refractivity contribution in [1.82, 2.24) is 0 Å². The van der Waals surface area contributed by atoms with Gasteiger partial charge in [-0.1, -0.05) is 58.9 Å². The molecule has 3 aromatic carbocycles. The third-order valence-electron chi connectivity index (χ3n) is 8.01. The molecule has 1 saturated heterocycles. The minimum Gasteiger partial charge on any atom is -0.483 e. The maximum atomic E-state index is 14.1. The van der Waals surface area contributed by atoms with Crippen molar-refractivity contribution in [2.24, 2.45) is 5.92 Å². The maximum absolute atomic E-state index is 14.1. The molecule has 0 radical (unpaired) electrons. The maximum Gasteiger partial charge on any atom is 0.405 e. The molecule has 0 spiro atoms. The van der Waals surface area contributed by atoms with Crippen LogP contribution in [0.3, 0.4) is 0 Å². The molecular weight excluding hydrogens is 606 g/mol. The van der Waals surface area contributed by atoms with Crippen LogP contribution in [0, 0.1) is 5.92 Å². The van der Waals surface area contributed by atoms with Gasteiger partial charge in [-0.25, -0.2) is 0 Å². The topological polar surface area (TPSA) is 82.1 Å². The Morgan fingerprint density at radius 2 is 1.30 bits per heavy atom. The standard InChI is InChI=1S/C34H42F2O6S2/c1-23(2)33(22-40-32(7,8)21-41-33)26-11-17-29(18-12-26)43(28-15-9-25(10-16-28)31(4,5)6)30-19-13-27(14-20-30)42-24(3)34(35,36)44(37,38)39/h9-20,23-24H,21-22H2,1-8H3/p+1. The van der Waals surface area contributed by atoms with E-state index in [-0.39, 0.29) is 22.7 Å². The van der Waals surface area contributed by atoms with Gasteiger partial charge in [-0.05, 0) is 91.8 Å². The van der Waals surface area contributed by atoms with E-state index in [1.54, 1.807) is 12.1 Å². The summed E-state index contributed by atoms with van der Waals surface area (Å²) in [6.07, 6.45) is -2.09. The van der Waals surface area contributed by atoms with E-state index < -0.39 is 38.0 Å². The highest BCUT2D eigenvalue weighted by molar-refractivity contribution is 7.97. The number of benzene rings is 3. The molecule has 0 aliphatic carbocycles. The van der Waals surface area contributed by atoms with Crippen molar-refractivity contribution in [3.05, 3.63) is 83.9 Å². The third kappa shape index (κ3) is 7.15. The Hall–Kier alpha value is -2.50. The van der Waals surface area contributed by atoms with Gasteiger partial charge in [0.25, 0.3) is 0 Å². The molecule has 1 fully saturated rings. The van der Waals surface area contributed by atoms with Crippen molar-refractivity contribution in [3.8, 4) is 5.75 Å². The molecule has 1 aliphatic rings. The van der Waals surface area contributed by atoms with E-state index in [0.717, 1.165) is 27.2 Å². The average molecular weight is 650 g/mol. The molecule has 4 rings (SSSR count). The van der Waals surface area contributed by atoms with Gasteiger partial charge in [-0.3, -0.25) is 4.55 Å². The number of alkyl halides is 2. The van der Waals surface area contributed by atoms with Gasteiger partial charge >= 0.3 is 15.4 Å². The molecule has 3 aromatic rings. The zero-order chi connectivity index (χ0) is 32.7. The quantitative estimate of drug-likeness (QED) is 0.187. The molecule has 0 aromatic heterocycles. The Morgan fingerprint density at radius 3 is 1.70 bits per heavy atom. The van der Waals surface area contributed by atoms with Crippen LogP contribution >= 0.6 is 0 Å². The van der Waals surface area contributed by atoms with Crippen LogP contribution in [-0.2, 0) is 41.5 Å². The molecule has 1 N–H and O–H groups in total. The van der Waals surface area contributed by atoms with Crippen LogP contribution in [-0.4, -0.2) is 43.1 Å². The van der Waals surface area contributed by atoms with Gasteiger partial charge in [0.15, 0.2) is 20.8 Å². The van der Waals surface area contributed by atoms with Crippen LogP contribution in [0.4, 0.5) is 8.78 Å². The van der Waals surface area contributed by atoms with Crippen molar-refractivity contribution >= 4 is 21.0 Å². The van der Waals surface area contributed by atoms with Gasteiger partial charge in [0.05, 0.1) is 29.7 Å². The second kappa shape index (κ2) is 12.4. The van der Waals surface area contributed by atoms with Crippen LogP contribution < -0.4 is 4.74 Å². The van der Waals surface area contributed by atoms with Crippen LogP contribution in [0.2, 0.25) is 0 Å². The zero-order valence-corrected chi connectivity index (χ0v) is 28.2. The fourth-order valence-electron chi connectivity index (χ4n) is 5.03. The molecule has 1 aliphatic heterocycles. The lowest BCUT2D eigenvalue weighted by molar-refractivity contribution is -0.244. The fourth-order valence-corrected chi connectivity index (χ4v) is 7.54. The smallest absolute Gasteiger partial charge is 0.405 e. The predicted octanol–water partition coefficient (Wildman–Crippen LogP) is 8.00. The van der Waals surface area contributed by atoms with Gasteiger partial charge in [0.2, 0.25) is 0 Å². The summed E-state index contributed by atoms with van der Waals surface area (Å²) in [7, 11) is -6.19. The highest BCUT2D eigenvalue weighted by Crippen LogP contribution is 2.41. The summed E-state index contributed by atoms with van der Waals surface area (Å²) in [5.41, 5.74) is 1.31. The molecule has 240 valence electrons. The van der Waals surface area contributed by atoms with Crippen LogP contribution in [0.25, 0.3) is 0 Å². The van der Waals surface area contributed by atoms with Gasteiger partial charge in [-0.2, -0.15) is 17.2 Å². The number of ether oxygens (including phenoxy) is 3. The van der Waals surface area contributed by atoms with Crippen LogP contribution in [0.5, 0.6) is 5.75 Å². The minimum atomic E-state index is -5.63. The van der Waals surface area contributed by atoms with Gasteiger partial charge in [-0.15, -0.1) is 0 Å². The molecular formula is C34H43F2O6S2+. The molecule has 1 heterocycles. The molecule has 0 amide bonds. The Balaban J connectivity index is 1.70. The first-order valence-corrected chi connectivity index (χ1v) is 17.3. The lowest BCUT2D eigenvalue weighted by Crippen LogP contribution is -2.51. The molecule has 44 heavy (non-hydrogen) atoms. The summed E-state index contributed by atoms with van der Waals surface area (Å²) in [6, 6.07) is 23.5. The van der Waals surface area contributed by atoms with Gasteiger partial charge < -0.3 is 14.2 Å². The number of hydrogen-bond donors (Lipinski definition) is 1. The van der Waals surface area contributed by atoms with E-state index in [9.17, 15) is 17.2 Å². The number of rotatable bonds is 9. The van der Waals surface area contributed by atoms with E-state index in [1.807, 2.05) is 13.8 Å². The number of halogens is 2. The normalized spacial score (nSPS) is 20.7. The van der Waals surface area contributed by atoms with Gasteiger partial charge in [0.1, 0.15) is 11.4 Å². The summed E-state index contributed by atoms with van der Waals surface area (Å²) in [6.45, 7) is 16.6. The molecule has 0 saturated carbocycles. The summed E-state index contributed by atoms with van der Waals surface area (Å²) < 4.78 is 77.3. The SMILES string of the molecule is CC(C)C1(c2ccc([S+](c3ccc(OC(C)C(F)(F)S(=O)(=O)O)cc3)c3ccc(C(C)(C)C)cc3)cc2)COC(C)(C)CO1. The highest BCUT2D eigenvalue weighted by atomic mass is 32.2. The second-order valence-electron chi connectivity index (χ2n) is 13.3. The van der Waals surface area contributed by atoms with E-state index in [2.05, 4.69) is 83.1 Å². The Labute approximate surface area is 263 Å². The molecule has 6 nitrogen and oxygen atoms in total. The Morgan fingerprint density at radius 1 is 0.818 bits per heavy atom. The summed E-state index contributed by atoms with van der Waals surface area (Å²) in [5, 5.41) is -4.46. The monoisotopic (exact) mass is 649 g/mol. The first-order valence-electron chi connectivity index (χ1n) is 14.6. The third-order valence-corrected chi connectivity index (χ3v) is 11.3. The van der Waals surface area contributed by atoms with E-state index in [4.69, 9.17) is 18.8 Å².